The van der Waals surface area contributed by atoms with E-state index in [0.29, 0.717) is 24.3 Å². The number of amides is 2. The molecule has 0 unspecified atom stereocenters. The summed E-state index contributed by atoms with van der Waals surface area (Å²) in [7, 11) is -1.74. The van der Waals surface area contributed by atoms with E-state index in [0.717, 1.165) is 21.9 Å². The van der Waals surface area contributed by atoms with Crippen LogP contribution in [0.3, 0.4) is 0 Å². The molecular weight excluding hydrogens is 400 g/mol. The molecule has 28 heavy (non-hydrogen) atoms. The van der Waals surface area contributed by atoms with Crippen molar-refractivity contribution in [3.63, 3.8) is 0 Å². The number of carbonyl (C=O) groups excluding carboxylic acids is 1. The molecule has 2 aromatic rings. The zero-order valence-corrected chi connectivity index (χ0v) is 18.3. The van der Waals surface area contributed by atoms with Crippen molar-refractivity contribution in [3.8, 4) is 5.75 Å². The number of fused-ring (bicyclic) bond motifs is 1. The Labute approximate surface area is 169 Å². The molecule has 1 aromatic heterocycles. The van der Waals surface area contributed by atoms with E-state index in [4.69, 9.17) is 4.74 Å². The van der Waals surface area contributed by atoms with Gasteiger partial charge in [-0.05, 0) is 46.6 Å². The van der Waals surface area contributed by atoms with Gasteiger partial charge in [0.05, 0.1) is 15.6 Å². The van der Waals surface area contributed by atoms with Gasteiger partial charge in [0, 0.05) is 25.3 Å². The molecule has 2 amide bonds. The standard InChI is InChI=1S/C18H26N4O4S2/c1-6-22(5)17-20-15-13(26-11(2)3)9-12(10-14(15)27-17)19-16(23)21-28(24,25)18(4)7-8-18/h9-11H,6-8H2,1-5H3,(H2,19,21,23). The lowest BCUT2D eigenvalue weighted by Crippen LogP contribution is -2.40. The predicted octanol–water partition coefficient (Wildman–Crippen LogP) is 3.54. The van der Waals surface area contributed by atoms with Crippen molar-refractivity contribution in [2.24, 2.45) is 0 Å². The van der Waals surface area contributed by atoms with Gasteiger partial charge < -0.3 is 15.0 Å². The highest BCUT2D eigenvalue weighted by molar-refractivity contribution is 7.91. The van der Waals surface area contributed by atoms with E-state index < -0.39 is 20.8 Å². The number of urea groups is 1. The number of anilines is 2. The minimum absolute atomic E-state index is 0.0727. The van der Waals surface area contributed by atoms with Crippen LogP contribution < -0.4 is 19.7 Å². The van der Waals surface area contributed by atoms with Crippen LogP contribution in [0.15, 0.2) is 12.1 Å². The SMILES string of the molecule is CCN(C)c1nc2c(OC(C)C)cc(NC(=O)NS(=O)(=O)C3(C)CC3)cc2s1. The minimum atomic E-state index is -3.70. The molecule has 10 heteroatoms. The van der Waals surface area contributed by atoms with Crippen molar-refractivity contribution in [1.82, 2.24) is 9.71 Å². The Kier molecular flexibility index (Phi) is 5.46. The third-order valence-corrected chi connectivity index (χ3v) is 7.98. The van der Waals surface area contributed by atoms with Gasteiger partial charge in [-0.3, -0.25) is 0 Å². The first-order chi connectivity index (χ1) is 13.0. The van der Waals surface area contributed by atoms with Crippen molar-refractivity contribution < 1.29 is 17.9 Å². The van der Waals surface area contributed by atoms with Crippen molar-refractivity contribution in [1.29, 1.82) is 0 Å². The van der Waals surface area contributed by atoms with Crippen LogP contribution in [0, 0.1) is 0 Å². The Bertz CT molecular complexity index is 996. The van der Waals surface area contributed by atoms with Crippen LogP contribution >= 0.6 is 11.3 Å². The number of rotatable bonds is 7. The quantitative estimate of drug-likeness (QED) is 0.702. The Balaban J connectivity index is 1.89. The van der Waals surface area contributed by atoms with Crippen molar-refractivity contribution in [3.05, 3.63) is 12.1 Å². The highest BCUT2D eigenvalue weighted by Crippen LogP contribution is 2.42. The van der Waals surface area contributed by atoms with Crippen LogP contribution in [0.5, 0.6) is 5.75 Å². The van der Waals surface area contributed by atoms with Crippen molar-refractivity contribution in [2.75, 3.05) is 23.8 Å². The van der Waals surface area contributed by atoms with Gasteiger partial charge in [-0.15, -0.1) is 0 Å². The first-order valence-electron chi connectivity index (χ1n) is 9.20. The van der Waals surface area contributed by atoms with Gasteiger partial charge in [-0.25, -0.2) is 22.9 Å². The summed E-state index contributed by atoms with van der Waals surface area (Å²) in [5.41, 5.74) is 1.17. The normalized spacial score (nSPS) is 15.5. The molecule has 2 N–H and O–H groups in total. The highest BCUT2D eigenvalue weighted by Gasteiger charge is 2.50. The summed E-state index contributed by atoms with van der Waals surface area (Å²) in [4.78, 5) is 18.9. The fourth-order valence-electron chi connectivity index (χ4n) is 2.55. The molecule has 8 nitrogen and oxygen atoms in total. The first kappa shape index (κ1) is 20.7. The number of thiazole rings is 1. The van der Waals surface area contributed by atoms with Crippen LogP contribution in [0.25, 0.3) is 10.2 Å². The second kappa shape index (κ2) is 7.40. The first-order valence-corrected chi connectivity index (χ1v) is 11.5. The molecule has 0 atom stereocenters. The maximum Gasteiger partial charge on any atom is 0.332 e. The second-order valence-corrected chi connectivity index (χ2v) is 10.7. The Hall–Kier alpha value is -2.07. The van der Waals surface area contributed by atoms with Crippen LogP contribution in [-0.2, 0) is 10.0 Å². The fourth-order valence-corrected chi connectivity index (χ4v) is 4.78. The molecular formula is C18H26N4O4S2. The average Bonchev–Trinajstić information content (AvgIpc) is 3.20. The molecule has 0 bridgehead atoms. The number of benzene rings is 1. The van der Waals surface area contributed by atoms with Crippen molar-refractivity contribution >= 4 is 48.4 Å². The van der Waals surface area contributed by atoms with E-state index in [2.05, 4.69) is 15.0 Å². The van der Waals surface area contributed by atoms with Gasteiger partial charge in [-0.2, -0.15) is 0 Å². The Morgan fingerprint density at radius 2 is 2.07 bits per heavy atom. The van der Waals surface area contributed by atoms with E-state index in [1.54, 1.807) is 19.1 Å². The molecule has 1 heterocycles. The molecule has 1 fully saturated rings. The van der Waals surface area contributed by atoms with Crippen LogP contribution in [0.4, 0.5) is 15.6 Å². The highest BCUT2D eigenvalue weighted by atomic mass is 32.2. The van der Waals surface area contributed by atoms with Gasteiger partial charge in [-0.1, -0.05) is 11.3 Å². The van der Waals surface area contributed by atoms with Crippen molar-refractivity contribution in [2.45, 2.75) is 51.4 Å². The summed E-state index contributed by atoms with van der Waals surface area (Å²) in [6.45, 7) is 8.30. The number of sulfonamides is 1. The number of nitrogens with zero attached hydrogens (tertiary/aromatic N) is 2. The lowest BCUT2D eigenvalue weighted by atomic mass is 10.2. The third-order valence-electron chi connectivity index (χ3n) is 4.70. The molecule has 3 rings (SSSR count). The van der Waals surface area contributed by atoms with E-state index in [1.165, 1.54) is 11.3 Å². The molecule has 154 valence electrons. The van der Waals surface area contributed by atoms with E-state index in [1.807, 2.05) is 32.7 Å². The summed E-state index contributed by atoms with van der Waals surface area (Å²) < 4.78 is 32.5. The fraction of sp³-hybridized carbons (Fsp3) is 0.556. The van der Waals surface area contributed by atoms with Crippen LogP contribution in [-0.4, -0.2) is 43.9 Å². The van der Waals surface area contributed by atoms with Crippen LogP contribution in [0.2, 0.25) is 0 Å². The molecule has 1 aliphatic rings. The monoisotopic (exact) mass is 426 g/mol. The zero-order valence-electron chi connectivity index (χ0n) is 16.7. The summed E-state index contributed by atoms with van der Waals surface area (Å²) in [5, 5.41) is 3.46. The third kappa shape index (κ3) is 4.17. The van der Waals surface area contributed by atoms with E-state index in [-0.39, 0.29) is 6.10 Å². The minimum Gasteiger partial charge on any atom is -0.489 e. The maximum absolute atomic E-state index is 12.3. The van der Waals surface area contributed by atoms with Gasteiger partial charge in [0.2, 0.25) is 10.0 Å². The maximum atomic E-state index is 12.3. The predicted molar refractivity (Wildman–Crippen MR) is 113 cm³/mol. The molecule has 0 spiro atoms. The average molecular weight is 427 g/mol. The Morgan fingerprint density at radius 3 is 2.64 bits per heavy atom. The Morgan fingerprint density at radius 1 is 1.39 bits per heavy atom. The number of hydrogen-bond acceptors (Lipinski definition) is 7. The topological polar surface area (TPSA) is 101 Å². The number of carbonyl (C=O) groups is 1. The lowest BCUT2D eigenvalue weighted by molar-refractivity contribution is 0.245. The van der Waals surface area contributed by atoms with Gasteiger partial charge in [0.1, 0.15) is 11.3 Å². The molecule has 0 saturated heterocycles. The number of ether oxygens (including phenoxy) is 1. The van der Waals surface area contributed by atoms with Crippen LogP contribution in [0.1, 0.15) is 40.5 Å². The molecule has 1 aliphatic carbocycles. The summed E-state index contributed by atoms with van der Waals surface area (Å²) in [6, 6.07) is 2.67. The smallest absolute Gasteiger partial charge is 0.332 e. The summed E-state index contributed by atoms with van der Waals surface area (Å²) in [6.07, 6.45) is 1.04. The summed E-state index contributed by atoms with van der Waals surface area (Å²) in [5.74, 6) is 0.548. The molecule has 0 radical (unpaired) electrons. The number of aromatic nitrogens is 1. The van der Waals surface area contributed by atoms with Gasteiger partial charge in [0.25, 0.3) is 0 Å². The van der Waals surface area contributed by atoms with Gasteiger partial charge in [0.15, 0.2) is 5.13 Å². The van der Waals surface area contributed by atoms with E-state index >= 15 is 0 Å². The lowest BCUT2D eigenvalue weighted by Gasteiger charge is -2.14. The zero-order chi connectivity index (χ0) is 20.7. The molecule has 1 aromatic carbocycles. The molecule has 0 aliphatic heterocycles. The largest absolute Gasteiger partial charge is 0.489 e. The number of nitrogens with one attached hydrogen (secondary N) is 2. The summed E-state index contributed by atoms with van der Waals surface area (Å²) >= 11 is 1.48. The van der Waals surface area contributed by atoms with Gasteiger partial charge >= 0.3 is 6.03 Å². The second-order valence-electron chi connectivity index (χ2n) is 7.51. The number of hydrogen-bond donors (Lipinski definition) is 2. The molecule has 1 saturated carbocycles. The van der Waals surface area contributed by atoms with E-state index in [9.17, 15) is 13.2 Å².